The average molecular weight is 499 g/mol. The number of urea groups is 1. The molecule has 34 heavy (non-hydrogen) atoms. The van der Waals surface area contributed by atoms with Crippen molar-refractivity contribution in [2.75, 3.05) is 23.3 Å². The Morgan fingerprint density at radius 2 is 1.59 bits per heavy atom. The highest BCUT2D eigenvalue weighted by Crippen LogP contribution is 2.30. The van der Waals surface area contributed by atoms with Crippen LogP contribution in [0.5, 0.6) is 0 Å². The van der Waals surface area contributed by atoms with Crippen molar-refractivity contribution < 1.29 is 35.2 Å². The number of benzene rings is 3. The van der Waals surface area contributed by atoms with Crippen molar-refractivity contribution in [3.05, 3.63) is 90.0 Å². The highest BCUT2D eigenvalue weighted by atomic mass is 32.2. The van der Waals surface area contributed by atoms with Gasteiger partial charge in [-0.05, 0) is 54.6 Å². The third-order valence-electron chi connectivity index (χ3n) is 4.60. The van der Waals surface area contributed by atoms with Crippen molar-refractivity contribution in [2.45, 2.75) is 11.1 Å². The van der Waals surface area contributed by atoms with E-state index in [2.05, 4.69) is 10.0 Å². The van der Waals surface area contributed by atoms with E-state index in [0.717, 1.165) is 41.3 Å². The molecule has 3 aromatic carbocycles. The number of sulfonamides is 1. The molecule has 0 aliphatic rings. The van der Waals surface area contributed by atoms with E-state index in [1.165, 1.54) is 30.3 Å². The zero-order valence-electron chi connectivity index (χ0n) is 17.3. The van der Waals surface area contributed by atoms with Gasteiger partial charge in [-0.15, -0.1) is 0 Å². The quantitative estimate of drug-likeness (QED) is 0.449. The summed E-state index contributed by atoms with van der Waals surface area (Å²) in [7, 11) is -4.35. The van der Waals surface area contributed by atoms with Crippen LogP contribution in [0.1, 0.15) is 5.56 Å². The SMILES string of the molecule is O=C(Nc1ccccc1F)N(CCNS(=O)(=O)c1cccc(C(F)(F)F)c1)c1ccc(F)cc1. The van der Waals surface area contributed by atoms with Crippen LogP contribution in [0.3, 0.4) is 0 Å². The number of alkyl halides is 3. The second-order valence-corrected chi connectivity index (χ2v) is 8.73. The Morgan fingerprint density at radius 3 is 2.24 bits per heavy atom. The molecule has 0 saturated carbocycles. The molecule has 0 atom stereocenters. The van der Waals surface area contributed by atoms with Crippen molar-refractivity contribution in [3.8, 4) is 0 Å². The lowest BCUT2D eigenvalue weighted by atomic mass is 10.2. The lowest BCUT2D eigenvalue weighted by Gasteiger charge is -2.23. The first-order valence-corrected chi connectivity index (χ1v) is 11.2. The molecular formula is C22H18F5N3O3S. The summed E-state index contributed by atoms with van der Waals surface area (Å²) in [5.41, 5.74) is -1.09. The molecule has 0 fully saturated rings. The van der Waals surface area contributed by atoms with Crippen LogP contribution in [0.15, 0.2) is 77.7 Å². The van der Waals surface area contributed by atoms with Crippen molar-refractivity contribution in [3.63, 3.8) is 0 Å². The third-order valence-corrected chi connectivity index (χ3v) is 6.06. The van der Waals surface area contributed by atoms with Crippen LogP contribution in [0, 0.1) is 11.6 Å². The van der Waals surface area contributed by atoms with E-state index < -0.39 is 50.9 Å². The molecule has 0 unspecified atom stereocenters. The van der Waals surface area contributed by atoms with Crippen molar-refractivity contribution in [1.82, 2.24) is 4.72 Å². The molecule has 0 aliphatic carbocycles. The van der Waals surface area contributed by atoms with Crippen molar-refractivity contribution in [2.24, 2.45) is 0 Å². The van der Waals surface area contributed by atoms with Gasteiger partial charge in [0.25, 0.3) is 0 Å². The molecule has 6 nitrogen and oxygen atoms in total. The maximum atomic E-state index is 13.9. The Morgan fingerprint density at radius 1 is 0.912 bits per heavy atom. The first-order chi connectivity index (χ1) is 16.0. The summed E-state index contributed by atoms with van der Waals surface area (Å²) in [6, 6.07) is 12.4. The highest BCUT2D eigenvalue weighted by molar-refractivity contribution is 7.89. The van der Waals surface area contributed by atoms with Gasteiger partial charge < -0.3 is 5.32 Å². The molecule has 0 saturated heterocycles. The molecule has 2 N–H and O–H groups in total. The summed E-state index contributed by atoms with van der Waals surface area (Å²) in [4.78, 5) is 13.2. The number of carbonyl (C=O) groups is 1. The van der Waals surface area contributed by atoms with Crippen molar-refractivity contribution in [1.29, 1.82) is 0 Å². The fourth-order valence-electron chi connectivity index (χ4n) is 2.93. The van der Waals surface area contributed by atoms with Gasteiger partial charge in [0.05, 0.1) is 16.1 Å². The molecule has 0 aliphatic heterocycles. The topological polar surface area (TPSA) is 78.5 Å². The van der Waals surface area contributed by atoms with Gasteiger partial charge in [0, 0.05) is 18.8 Å². The molecule has 0 bridgehead atoms. The molecule has 0 radical (unpaired) electrons. The number of carbonyl (C=O) groups excluding carboxylic acids is 1. The number of para-hydroxylation sites is 1. The second-order valence-electron chi connectivity index (χ2n) is 6.96. The molecular weight excluding hydrogens is 481 g/mol. The number of hydrogen-bond donors (Lipinski definition) is 2. The van der Waals surface area contributed by atoms with Gasteiger partial charge in [0.1, 0.15) is 11.6 Å². The van der Waals surface area contributed by atoms with Crippen LogP contribution in [-0.2, 0) is 16.2 Å². The van der Waals surface area contributed by atoms with Gasteiger partial charge in [0.2, 0.25) is 10.0 Å². The minimum absolute atomic E-state index is 0.135. The zero-order chi connectivity index (χ0) is 24.9. The van der Waals surface area contributed by atoms with Gasteiger partial charge in [-0.2, -0.15) is 13.2 Å². The standard InChI is InChI=1S/C22H18F5N3O3S/c23-16-8-10-17(11-9-16)30(21(31)29-20-7-2-1-6-19(20)24)13-12-28-34(32,33)18-5-3-4-15(14-18)22(25,26)27/h1-11,14,28H,12-13H2,(H,29,31). The first kappa shape index (κ1) is 25.1. The van der Waals surface area contributed by atoms with E-state index in [9.17, 15) is 35.2 Å². The van der Waals surface area contributed by atoms with Gasteiger partial charge in [-0.3, -0.25) is 4.90 Å². The summed E-state index contributed by atoms with van der Waals surface area (Å²) >= 11 is 0. The number of nitrogens with one attached hydrogen (secondary N) is 2. The number of rotatable bonds is 7. The predicted molar refractivity (Wildman–Crippen MR) is 116 cm³/mol. The van der Waals surface area contributed by atoms with Gasteiger partial charge in [0.15, 0.2) is 0 Å². The molecule has 0 spiro atoms. The normalized spacial score (nSPS) is 11.8. The summed E-state index contributed by atoms with van der Waals surface area (Å²) in [6.45, 7) is -0.704. The maximum Gasteiger partial charge on any atom is 0.416 e. The average Bonchev–Trinajstić information content (AvgIpc) is 2.78. The number of anilines is 2. The van der Waals surface area contributed by atoms with Crippen LogP contribution in [0.25, 0.3) is 0 Å². The van der Waals surface area contributed by atoms with Gasteiger partial charge in [-0.25, -0.2) is 26.7 Å². The van der Waals surface area contributed by atoms with Gasteiger partial charge in [-0.1, -0.05) is 18.2 Å². The Labute approximate surface area is 192 Å². The van der Waals surface area contributed by atoms with Crippen LogP contribution in [0.2, 0.25) is 0 Å². The first-order valence-electron chi connectivity index (χ1n) is 9.73. The molecule has 0 aromatic heterocycles. The second kappa shape index (κ2) is 10.2. The molecule has 0 heterocycles. The number of hydrogen-bond acceptors (Lipinski definition) is 3. The fourth-order valence-corrected chi connectivity index (χ4v) is 4.00. The summed E-state index contributed by atoms with van der Waals surface area (Å²) in [6.07, 6.45) is -4.73. The number of nitrogens with zero attached hydrogens (tertiary/aromatic N) is 1. The largest absolute Gasteiger partial charge is 0.416 e. The monoisotopic (exact) mass is 499 g/mol. The lowest BCUT2D eigenvalue weighted by Crippen LogP contribution is -2.41. The summed E-state index contributed by atoms with van der Waals surface area (Å²) in [5.74, 6) is -1.29. The minimum Gasteiger partial charge on any atom is -0.305 e. The summed E-state index contributed by atoms with van der Waals surface area (Å²) in [5, 5.41) is 2.34. The van der Waals surface area contributed by atoms with Crippen LogP contribution in [-0.4, -0.2) is 27.5 Å². The van der Waals surface area contributed by atoms with Crippen LogP contribution < -0.4 is 14.9 Å². The Bertz CT molecular complexity index is 1270. The lowest BCUT2D eigenvalue weighted by molar-refractivity contribution is -0.137. The van der Waals surface area contributed by atoms with E-state index in [4.69, 9.17) is 0 Å². The molecule has 3 rings (SSSR count). The predicted octanol–water partition coefficient (Wildman–Crippen LogP) is 5.00. The van der Waals surface area contributed by atoms with Crippen LogP contribution >= 0.6 is 0 Å². The Balaban J connectivity index is 1.77. The number of amides is 2. The van der Waals surface area contributed by atoms with E-state index in [1.807, 2.05) is 0 Å². The molecule has 12 heteroatoms. The zero-order valence-corrected chi connectivity index (χ0v) is 18.1. The Kier molecular flexibility index (Phi) is 7.52. The third kappa shape index (κ3) is 6.29. The smallest absolute Gasteiger partial charge is 0.305 e. The van der Waals surface area contributed by atoms with Gasteiger partial charge >= 0.3 is 12.2 Å². The highest BCUT2D eigenvalue weighted by Gasteiger charge is 2.31. The summed E-state index contributed by atoms with van der Waals surface area (Å²) < 4.78 is 93.1. The van der Waals surface area contributed by atoms with E-state index in [1.54, 1.807) is 0 Å². The molecule has 3 aromatic rings. The molecule has 2 amide bonds. The van der Waals surface area contributed by atoms with E-state index in [-0.39, 0.29) is 17.9 Å². The van der Waals surface area contributed by atoms with E-state index >= 15 is 0 Å². The van der Waals surface area contributed by atoms with E-state index in [0.29, 0.717) is 6.07 Å². The molecule has 180 valence electrons. The maximum absolute atomic E-state index is 13.9. The van der Waals surface area contributed by atoms with Crippen LogP contribution in [0.4, 0.5) is 38.1 Å². The Hall–Kier alpha value is -3.51. The number of halogens is 5. The van der Waals surface area contributed by atoms with Crippen molar-refractivity contribution >= 4 is 27.4 Å². The fraction of sp³-hybridized carbons (Fsp3) is 0.136. The minimum atomic E-state index is -4.73.